The number of furan rings is 1. The maximum Gasteiger partial charge on any atom is 0.322 e. The number of halogens is 1. The van der Waals surface area contributed by atoms with Gasteiger partial charge in [0.25, 0.3) is 11.8 Å². The van der Waals surface area contributed by atoms with E-state index in [0.717, 1.165) is 10.8 Å². The lowest BCUT2D eigenvalue weighted by Gasteiger charge is -2.02. The molecule has 7 heteroatoms. The SMILES string of the molecule is O=C(Nc1nnc(-c2ccc(Br)o2)o1)c1ccc2ccccc2c1. The lowest BCUT2D eigenvalue weighted by Crippen LogP contribution is -2.12. The Balaban J connectivity index is 1.56. The van der Waals surface area contributed by atoms with E-state index in [4.69, 9.17) is 8.83 Å². The van der Waals surface area contributed by atoms with Crippen molar-refractivity contribution in [3.05, 3.63) is 64.8 Å². The number of hydrogen-bond acceptors (Lipinski definition) is 5. The van der Waals surface area contributed by atoms with E-state index in [1.165, 1.54) is 0 Å². The Bertz CT molecular complexity index is 1040. The quantitative estimate of drug-likeness (QED) is 0.563. The second-order valence-electron chi connectivity index (χ2n) is 5.03. The molecular weight excluding hydrogens is 374 g/mol. The van der Waals surface area contributed by atoms with Crippen molar-refractivity contribution in [2.75, 3.05) is 5.32 Å². The van der Waals surface area contributed by atoms with Gasteiger partial charge in [-0.3, -0.25) is 10.1 Å². The van der Waals surface area contributed by atoms with Crippen molar-refractivity contribution in [3.8, 4) is 11.7 Å². The van der Waals surface area contributed by atoms with Gasteiger partial charge in [0.15, 0.2) is 10.4 Å². The summed E-state index contributed by atoms with van der Waals surface area (Å²) in [6, 6.07) is 16.7. The minimum atomic E-state index is -0.323. The van der Waals surface area contributed by atoms with Crippen molar-refractivity contribution < 1.29 is 13.6 Å². The van der Waals surface area contributed by atoms with E-state index in [2.05, 4.69) is 31.4 Å². The van der Waals surface area contributed by atoms with Crippen LogP contribution in [0.1, 0.15) is 10.4 Å². The Kier molecular flexibility index (Phi) is 3.62. The van der Waals surface area contributed by atoms with Crippen LogP contribution in [0.2, 0.25) is 0 Å². The molecule has 6 nitrogen and oxygen atoms in total. The standard InChI is InChI=1S/C17H10BrN3O3/c18-14-8-7-13(23-14)16-20-21-17(24-16)19-15(22)12-6-5-10-3-1-2-4-11(10)9-12/h1-9H,(H,19,21,22). The molecule has 4 rings (SSSR count). The van der Waals surface area contributed by atoms with Crippen LogP contribution in [-0.4, -0.2) is 16.1 Å². The van der Waals surface area contributed by atoms with Crippen LogP contribution >= 0.6 is 15.9 Å². The van der Waals surface area contributed by atoms with Gasteiger partial charge in [-0.25, -0.2) is 0 Å². The monoisotopic (exact) mass is 383 g/mol. The number of anilines is 1. The summed E-state index contributed by atoms with van der Waals surface area (Å²) in [6.45, 7) is 0. The Morgan fingerprint density at radius 2 is 1.79 bits per heavy atom. The van der Waals surface area contributed by atoms with Gasteiger partial charge in [-0.15, -0.1) is 5.10 Å². The molecule has 0 aliphatic rings. The number of carbonyl (C=O) groups excluding carboxylic acids is 1. The van der Waals surface area contributed by atoms with E-state index in [0.29, 0.717) is 16.0 Å². The van der Waals surface area contributed by atoms with Crippen molar-refractivity contribution in [2.45, 2.75) is 0 Å². The average Bonchev–Trinajstić information content (AvgIpc) is 3.23. The van der Waals surface area contributed by atoms with Gasteiger partial charge in [-0.1, -0.05) is 35.4 Å². The normalized spacial score (nSPS) is 10.9. The van der Waals surface area contributed by atoms with Gasteiger partial charge in [0.1, 0.15) is 0 Å². The van der Waals surface area contributed by atoms with E-state index in [9.17, 15) is 4.79 Å². The highest BCUT2D eigenvalue weighted by Gasteiger charge is 2.15. The summed E-state index contributed by atoms with van der Waals surface area (Å²) in [5.41, 5.74) is 0.509. The molecule has 0 aliphatic heterocycles. The fourth-order valence-corrected chi connectivity index (χ4v) is 2.61. The first kappa shape index (κ1) is 14.6. The molecule has 0 saturated heterocycles. The predicted octanol–water partition coefficient (Wildman–Crippen LogP) is 4.50. The molecule has 2 aromatic heterocycles. The number of nitrogens with zero attached hydrogens (tertiary/aromatic N) is 2. The summed E-state index contributed by atoms with van der Waals surface area (Å²) < 4.78 is 11.3. The van der Waals surface area contributed by atoms with Crippen molar-refractivity contribution in [1.82, 2.24) is 10.2 Å². The first-order valence-corrected chi connectivity index (χ1v) is 7.88. The maximum absolute atomic E-state index is 12.3. The van der Waals surface area contributed by atoms with Crippen LogP contribution in [0.4, 0.5) is 6.01 Å². The fourth-order valence-electron chi connectivity index (χ4n) is 2.30. The molecule has 1 amide bonds. The molecule has 24 heavy (non-hydrogen) atoms. The first-order valence-electron chi connectivity index (χ1n) is 7.08. The van der Waals surface area contributed by atoms with Crippen LogP contribution in [0.25, 0.3) is 22.4 Å². The summed E-state index contributed by atoms with van der Waals surface area (Å²) in [6.07, 6.45) is 0. The van der Waals surface area contributed by atoms with E-state index in [-0.39, 0.29) is 17.8 Å². The Morgan fingerprint density at radius 1 is 0.958 bits per heavy atom. The molecule has 1 N–H and O–H groups in total. The van der Waals surface area contributed by atoms with Crippen LogP contribution in [0.5, 0.6) is 0 Å². The van der Waals surface area contributed by atoms with Gasteiger partial charge in [-0.2, -0.15) is 0 Å². The fraction of sp³-hybridized carbons (Fsp3) is 0. The Labute approximate surface area is 144 Å². The molecule has 0 aliphatic carbocycles. The van der Waals surface area contributed by atoms with Crippen LogP contribution < -0.4 is 5.32 Å². The second kappa shape index (κ2) is 5.93. The number of carbonyl (C=O) groups is 1. The van der Waals surface area contributed by atoms with Crippen LogP contribution in [0.3, 0.4) is 0 Å². The number of fused-ring (bicyclic) bond motifs is 1. The Hall–Kier alpha value is -2.93. The molecular formula is C17H10BrN3O3. The van der Waals surface area contributed by atoms with Crippen LogP contribution in [0, 0.1) is 0 Å². The van der Waals surface area contributed by atoms with Gasteiger partial charge in [0, 0.05) is 5.56 Å². The Morgan fingerprint density at radius 3 is 2.58 bits per heavy atom. The molecule has 0 saturated carbocycles. The van der Waals surface area contributed by atoms with Gasteiger partial charge in [-0.05, 0) is 51.0 Å². The smallest absolute Gasteiger partial charge is 0.322 e. The van der Waals surface area contributed by atoms with E-state index in [1.807, 2.05) is 36.4 Å². The van der Waals surface area contributed by atoms with E-state index >= 15 is 0 Å². The maximum atomic E-state index is 12.3. The lowest BCUT2D eigenvalue weighted by atomic mass is 10.1. The van der Waals surface area contributed by atoms with E-state index < -0.39 is 0 Å². The summed E-state index contributed by atoms with van der Waals surface area (Å²) >= 11 is 3.20. The highest BCUT2D eigenvalue weighted by atomic mass is 79.9. The highest BCUT2D eigenvalue weighted by molar-refractivity contribution is 9.10. The second-order valence-corrected chi connectivity index (χ2v) is 5.81. The molecule has 0 atom stereocenters. The molecule has 0 unspecified atom stereocenters. The summed E-state index contributed by atoms with van der Waals surface area (Å²) in [7, 11) is 0. The number of rotatable bonds is 3. The molecule has 0 radical (unpaired) electrons. The predicted molar refractivity (Wildman–Crippen MR) is 91.6 cm³/mol. The van der Waals surface area contributed by atoms with Crippen molar-refractivity contribution >= 4 is 38.6 Å². The number of aromatic nitrogens is 2. The average molecular weight is 384 g/mol. The molecule has 2 heterocycles. The number of amides is 1. The number of benzene rings is 2. The third kappa shape index (κ3) is 2.81. The molecule has 0 bridgehead atoms. The zero-order valence-electron chi connectivity index (χ0n) is 12.2. The molecule has 4 aromatic rings. The third-order valence-corrected chi connectivity index (χ3v) is 3.87. The molecule has 2 aromatic carbocycles. The molecule has 118 valence electrons. The summed E-state index contributed by atoms with van der Waals surface area (Å²) in [5.74, 6) is 0.284. The topological polar surface area (TPSA) is 81.2 Å². The van der Waals surface area contributed by atoms with E-state index in [1.54, 1.807) is 18.2 Å². The van der Waals surface area contributed by atoms with Crippen molar-refractivity contribution in [3.63, 3.8) is 0 Å². The van der Waals surface area contributed by atoms with Gasteiger partial charge in [0.2, 0.25) is 0 Å². The van der Waals surface area contributed by atoms with Gasteiger partial charge >= 0.3 is 6.01 Å². The minimum Gasteiger partial charge on any atom is -0.444 e. The largest absolute Gasteiger partial charge is 0.444 e. The molecule has 0 spiro atoms. The highest BCUT2D eigenvalue weighted by Crippen LogP contribution is 2.25. The lowest BCUT2D eigenvalue weighted by molar-refractivity contribution is 0.102. The number of hydrogen-bond donors (Lipinski definition) is 1. The summed E-state index contributed by atoms with van der Waals surface area (Å²) in [5, 5.41) is 12.3. The van der Waals surface area contributed by atoms with Gasteiger partial charge < -0.3 is 8.83 Å². The van der Waals surface area contributed by atoms with Crippen LogP contribution in [-0.2, 0) is 0 Å². The first-order chi connectivity index (χ1) is 11.7. The minimum absolute atomic E-state index is 0.00989. The van der Waals surface area contributed by atoms with Gasteiger partial charge in [0.05, 0.1) is 0 Å². The summed E-state index contributed by atoms with van der Waals surface area (Å²) in [4.78, 5) is 12.3. The zero-order chi connectivity index (χ0) is 16.5. The molecule has 0 fully saturated rings. The van der Waals surface area contributed by atoms with Crippen LogP contribution in [0.15, 0.2) is 68.1 Å². The number of nitrogens with one attached hydrogen (secondary N) is 1. The van der Waals surface area contributed by atoms with Crippen molar-refractivity contribution in [2.24, 2.45) is 0 Å². The van der Waals surface area contributed by atoms with Crippen molar-refractivity contribution in [1.29, 1.82) is 0 Å². The third-order valence-electron chi connectivity index (χ3n) is 3.44. The zero-order valence-corrected chi connectivity index (χ0v) is 13.8.